The molecule has 15 heavy (non-hydrogen) atoms. The van der Waals surface area contributed by atoms with E-state index in [0.29, 0.717) is 6.10 Å². The van der Waals surface area contributed by atoms with Crippen LogP contribution in [0.1, 0.15) is 19.8 Å². The van der Waals surface area contributed by atoms with E-state index < -0.39 is 0 Å². The van der Waals surface area contributed by atoms with Crippen LogP contribution in [0.15, 0.2) is 0 Å². The van der Waals surface area contributed by atoms with E-state index in [2.05, 4.69) is 35.8 Å². The van der Waals surface area contributed by atoms with Crippen molar-refractivity contribution >= 4 is 23.5 Å². The highest BCUT2D eigenvalue weighted by atomic mass is 32.2. The molecule has 0 bridgehead atoms. The lowest BCUT2D eigenvalue weighted by molar-refractivity contribution is -0.00957. The highest BCUT2D eigenvalue weighted by molar-refractivity contribution is 8.06. The van der Waals surface area contributed by atoms with Gasteiger partial charge in [-0.1, -0.05) is 0 Å². The molecule has 0 aromatic heterocycles. The molecule has 0 spiro atoms. The maximum Gasteiger partial charge on any atom is 0.0604 e. The standard InChI is InChI=1S/C11H21NOS2/c1-2-13-10-5-9(6-10)12-7-11-8-14-3-4-15-11/h9-12H,2-8H2,1H3. The summed E-state index contributed by atoms with van der Waals surface area (Å²) in [6, 6.07) is 0.731. The van der Waals surface area contributed by atoms with E-state index in [-0.39, 0.29) is 0 Å². The van der Waals surface area contributed by atoms with Gasteiger partial charge in [-0.15, -0.1) is 0 Å². The summed E-state index contributed by atoms with van der Waals surface area (Å²) < 4.78 is 5.55. The number of nitrogens with one attached hydrogen (secondary N) is 1. The Morgan fingerprint density at radius 2 is 2.20 bits per heavy atom. The molecule has 1 saturated heterocycles. The van der Waals surface area contributed by atoms with Crippen molar-refractivity contribution in [2.75, 3.05) is 30.4 Å². The minimum atomic E-state index is 0.542. The molecule has 2 rings (SSSR count). The first-order valence-corrected chi connectivity index (χ1v) is 8.13. The summed E-state index contributed by atoms with van der Waals surface area (Å²) in [6.45, 7) is 4.14. The fourth-order valence-corrected chi connectivity index (χ4v) is 4.68. The average Bonchev–Trinajstić information content (AvgIpc) is 2.23. The molecule has 2 nitrogen and oxygen atoms in total. The Labute approximate surface area is 101 Å². The van der Waals surface area contributed by atoms with Gasteiger partial charge < -0.3 is 10.1 Å². The molecule has 1 atom stereocenters. The van der Waals surface area contributed by atoms with E-state index in [1.807, 2.05) is 0 Å². The molecule has 88 valence electrons. The van der Waals surface area contributed by atoms with Crippen LogP contribution in [0.4, 0.5) is 0 Å². The summed E-state index contributed by atoms with van der Waals surface area (Å²) in [7, 11) is 0. The van der Waals surface area contributed by atoms with Crippen molar-refractivity contribution in [1.82, 2.24) is 5.32 Å². The third-order valence-electron chi connectivity index (χ3n) is 3.02. The zero-order valence-corrected chi connectivity index (χ0v) is 11.0. The molecule has 1 N–H and O–H groups in total. The van der Waals surface area contributed by atoms with E-state index in [1.54, 1.807) is 0 Å². The highest BCUT2D eigenvalue weighted by Crippen LogP contribution is 2.26. The van der Waals surface area contributed by atoms with Crippen LogP contribution < -0.4 is 5.32 Å². The molecule has 0 aromatic carbocycles. The zero-order chi connectivity index (χ0) is 10.5. The van der Waals surface area contributed by atoms with E-state index in [4.69, 9.17) is 4.74 Å². The fraction of sp³-hybridized carbons (Fsp3) is 1.00. The van der Waals surface area contributed by atoms with Crippen LogP contribution in [0.2, 0.25) is 0 Å². The predicted octanol–water partition coefficient (Wildman–Crippen LogP) is 1.99. The van der Waals surface area contributed by atoms with Gasteiger partial charge in [0.25, 0.3) is 0 Å². The van der Waals surface area contributed by atoms with Gasteiger partial charge in [0.2, 0.25) is 0 Å². The molecule has 1 aliphatic carbocycles. The van der Waals surface area contributed by atoms with Crippen LogP contribution in [0, 0.1) is 0 Å². The van der Waals surface area contributed by atoms with Crippen molar-refractivity contribution in [2.45, 2.75) is 37.2 Å². The molecular weight excluding hydrogens is 226 g/mol. The van der Waals surface area contributed by atoms with E-state index in [9.17, 15) is 0 Å². The maximum absolute atomic E-state index is 5.55. The highest BCUT2D eigenvalue weighted by Gasteiger charge is 2.29. The SMILES string of the molecule is CCOC1CC(NCC2CSCCS2)C1. The fourth-order valence-electron chi connectivity index (χ4n) is 2.06. The van der Waals surface area contributed by atoms with Crippen LogP contribution in [0.3, 0.4) is 0 Å². The van der Waals surface area contributed by atoms with Crippen molar-refractivity contribution in [3.63, 3.8) is 0 Å². The first-order chi connectivity index (χ1) is 7.38. The third kappa shape index (κ3) is 3.84. The van der Waals surface area contributed by atoms with Gasteiger partial charge in [0.05, 0.1) is 6.10 Å². The summed E-state index contributed by atoms with van der Waals surface area (Å²) in [6.07, 6.45) is 2.98. The molecule has 1 aliphatic heterocycles. The molecular formula is C11H21NOS2. The zero-order valence-electron chi connectivity index (χ0n) is 9.41. The first kappa shape index (κ1) is 12.1. The van der Waals surface area contributed by atoms with Crippen molar-refractivity contribution in [1.29, 1.82) is 0 Å². The average molecular weight is 247 g/mol. The van der Waals surface area contributed by atoms with Crippen molar-refractivity contribution in [3.05, 3.63) is 0 Å². The summed E-state index contributed by atoms with van der Waals surface area (Å²) in [5.74, 6) is 4.01. The molecule has 2 fully saturated rings. The first-order valence-electron chi connectivity index (χ1n) is 5.92. The topological polar surface area (TPSA) is 21.3 Å². The van der Waals surface area contributed by atoms with Crippen molar-refractivity contribution < 1.29 is 4.74 Å². The predicted molar refractivity (Wildman–Crippen MR) is 70.0 cm³/mol. The van der Waals surface area contributed by atoms with Crippen molar-refractivity contribution in [2.24, 2.45) is 0 Å². The monoisotopic (exact) mass is 247 g/mol. The van der Waals surface area contributed by atoms with Crippen LogP contribution in [0.5, 0.6) is 0 Å². The maximum atomic E-state index is 5.55. The van der Waals surface area contributed by atoms with Crippen LogP contribution >= 0.6 is 23.5 Å². The van der Waals surface area contributed by atoms with Crippen LogP contribution in [0.25, 0.3) is 0 Å². The second kappa shape index (κ2) is 6.38. The van der Waals surface area contributed by atoms with Gasteiger partial charge in [-0.3, -0.25) is 0 Å². The van der Waals surface area contributed by atoms with Gasteiger partial charge >= 0.3 is 0 Å². The minimum absolute atomic E-state index is 0.542. The lowest BCUT2D eigenvalue weighted by atomic mass is 9.89. The Morgan fingerprint density at radius 3 is 2.87 bits per heavy atom. The number of hydrogen-bond acceptors (Lipinski definition) is 4. The largest absolute Gasteiger partial charge is 0.378 e. The molecule has 4 heteroatoms. The minimum Gasteiger partial charge on any atom is -0.378 e. The Morgan fingerprint density at radius 1 is 1.33 bits per heavy atom. The van der Waals surface area contributed by atoms with Crippen LogP contribution in [-0.2, 0) is 4.74 Å². The Bertz CT molecular complexity index is 179. The molecule has 2 aliphatic rings. The quantitative estimate of drug-likeness (QED) is 0.802. The number of rotatable bonds is 5. The number of hydrogen-bond donors (Lipinski definition) is 1. The normalized spacial score (nSPS) is 36.2. The third-order valence-corrected chi connectivity index (χ3v) is 5.86. The molecule has 0 radical (unpaired) electrons. The smallest absolute Gasteiger partial charge is 0.0604 e. The second-order valence-corrected chi connectivity index (χ2v) is 6.78. The Hall–Kier alpha value is 0.620. The molecule has 0 amide bonds. The van der Waals surface area contributed by atoms with E-state index in [1.165, 1.54) is 36.6 Å². The lowest BCUT2D eigenvalue weighted by Gasteiger charge is -2.36. The van der Waals surface area contributed by atoms with Gasteiger partial charge in [0, 0.05) is 41.7 Å². The second-order valence-electron chi connectivity index (χ2n) is 4.22. The van der Waals surface area contributed by atoms with E-state index >= 15 is 0 Å². The summed E-state index contributed by atoms with van der Waals surface area (Å²) in [5, 5.41) is 4.51. The number of ether oxygens (including phenoxy) is 1. The van der Waals surface area contributed by atoms with Crippen molar-refractivity contribution in [3.8, 4) is 0 Å². The van der Waals surface area contributed by atoms with Crippen LogP contribution in [-0.4, -0.2) is 47.8 Å². The summed E-state index contributed by atoms with van der Waals surface area (Å²) >= 11 is 4.24. The molecule has 0 aromatic rings. The molecule has 1 heterocycles. The summed E-state index contributed by atoms with van der Waals surface area (Å²) in [4.78, 5) is 0. The van der Waals surface area contributed by atoms with Gasteiger partial charge in [-0.05, 0) is 19.8 Å². The number of thioether (sulfide) groups is 2. The Balaban J connectivity index is 1.52. The van der Waals surface area contributed by atoms with Gasteiger partial charge in [0.15, 0.2) is 0 Å². The lowest BCUT2D eigenvalue weighted by Crippen LogP contribution is -2.47. The van der Waals surface area contributed by atoms with Gasteiger partial charge in [-0.2, -0.15) is 23.5 Å². The molecule has 1 unspecified atom stereocenters. The summed E-state index contributed by atoms with van der Waals surface area (Å²) in [5.41, 5.74) is 0. The molecule has 1 saturated carbocycles. The Kier molecular flexibility index (Phi) is 5.14. The van der Waals surface area contributed by atoms with E-state index in [0.717, 1.165) is 17.9 Å². The van der Waals surface area contributed by atoms with Gasteiger partial charge in [-0.25, -0.2) is 0 Å². The van der Waals surface area contributed by atoms with Gasteiger partial charge in [0.1, 0.15) is 0 Å².